The minimum Gasteiger partial charge on any atom is -0.376 e. The van der Waals surface area contributed by atoms with Gasteiger partial charge in [-0.2, -0.15) is 10.2 Å². The number of nitrogens with one attached hydrogen (secondary N) is 1. The SMILES string of the molecule is Cc1nc([C@@H]2CCO[C@@H]2CN(C)C(=O)CCc2cnn(C)c2C)n[nH]1. The molecule has 1 fully saturated rings. The van der Waals surface area contributed by atoms with Gasteiger partial charge >= 0.3 is 0 Å². The van der Waals surface area contributed by atoms with Crippen LogP contribution in [-0.2, 0) is 23.0 Å². The van der Waals surface area contributed by atoms with Gasteiger partial charge in [-0.3, -0.25) is 14.6 Å². The fraction of sp³-hybridized carbons (Fsp3) is 0.647. The summed E-state index contributed by atoms with van der Waals surface area (Å²) in [6, 6.07) is 0. The van der Waals surface area contributed by atoms with Crippen molar-refractivity contribution < 1.29 is 9.53 Å². The lowest BCUT2D eigenvalue weighted by molar-refractivity contribution is -0.131. The summed E-state index contributed by atoms with van der Waals surface area (Å²) in [5.74, 6) is 1.84. The number of hydrogen-bond acceptors (Lipinski definition) is 5. The van der Waals surface area contributed by atoms with Crippen LogP contribution in [0.1, 0.15) is 41.7 Å². The third kappa shape index (κ3) is 3.89. The number of rotatable bonds is 6. The van der Waals surface area contributed by atoms with Crippen LogP contribution < -0.4 is 0 Å². The van der Waals surface area contributed by atoms with Gasteiger partial charge in [-0.1, -0.05) is 0 Å². The van der Waals surface area contributed by atoms with E-state index in [2.05, 4.69) is 20.3 Å². The Morgan fingerprint density at radius 1 is 1.48 bits per heavy atom. The highest BCUT2D eigenvalue weighted by molar-refractivity contribution is 5.76. The second-order valence-corrected chi connectivity index (χ2v) is 6.74. The number of aryl methyl sites for hydroxylation is 3. The van der Waals surface area contributed by atoms with E-state index in [1.54, 1.807) is 4.90 Å². The van der Waals surface area contributed by atoms with Gasteiger partial charge in [-0.15, -0.1) is 0 Å². The molecular formula is C17H26N6O2. The van der Waals surface area contributed by atoms with Crippen molar-refractivity contribution in [2.24, 2.45) is 7.05 Å². The van der Waals surface area contributed by atoms with Crippen LogP contribution >= 0.6 is 0 Å². The number of ether oxygens (including phenoxy) is 1. The van der Waals surface area contributed by atoms with Crippen molar-refractivity contribution in [3.8, 4) is 0 Å². The molecule has 0 radical (unpaired) electrons. The van der Waals surface area contributed by atoms with Gasteiger partial charge in [0.05, 0.1) is 18.2 Å². The second-order valence-electron chi connectivity index (χ2n) is 6.74. The summed E-state index contributed by atoms with van der Waals surface area (Å²) >= 11 is 0. The summed E-state index contributed by atoms with van der Waals surface area (Å²) in [6.07, 6.45) is 3.85. The number of carbonyl (C=O) groups is 1. The topological polar surface area (TPSA) is 88.9 Å². The largest absolute Gasteiger partial charge is 0.376 e. The standard InChI is InChI=1S/C17H26N6O2/c1-11-13(9-18-23(11)4)5-6-16(24)22(3)10-15-14(7-8-25-15)17-19-12(2)20-21-17/h9,14-15H,5-8,10H2,1-4H3,(H,19,20,21)/t14-,15-/m1/s1. The molecule has 1 amide bonds. The molecule has 136 valence electrons. The summed E-state index contributed by atoms with van der Waals surface area (Å²) < 4.78 is 7.67. The number of carbonyl (C=O) groups excluding carboxylic acids is 1. The van der Waals surface area contributed by atoms with Crippen LogP contribution in [0.5, 0.6) is 0 Å². The summed E-state index contributed by atoms with van der Waals surface area (Å²) in [4.78, 5) is 18.7. The zero-order valence-corrected chi connectivity index (χ0v) is 15.3. The van der Waals surface area contributed by atoms with E-state index in [0.717, 1.165) is 29.3 Å². The molecule has 3 heterocycles. The molecule has 1 saturated heterocycles. The average Bonchev–Trinajstić information content (AvgIpc) is 3.28. The van der Waals surface area contributed by atoms with E-state index in [0.29, 0.717) is 26.0 Å². The highest BCUT2D eigenvalue weighted by atomic mass is 16.5. The first-order valence-corrected chi connectivity index (χ1v) is 8.67. The van der Waals surface area contributed by atoms with E-state index < -0.39 is 0 Å². The van der Waals surface area contributed by atoms with Crippen LogP contribution in [0.4, 0.5) is 0 Å². The Morgan fingerprint density at radius 3 is 2.92 bits per heavy atom. The number of hydrogen-bond donors (Lipinski definition) is 1. The number of amides is 1. The van der Waals surface area contributed by atoms with Gasteiger partial charge in [0, 0.05) is 39.4 Å². The monoisotopic (exact) mass is 346 g/mol. The molecule has 0 aromatic carbocycles. The molecule has 1 aliphatic rings. The number of H-pyrrole nitrogens is 1. The Hall–Kier alpha value is -2.22. The van der Waals surface area contributed by atoms with Gasteiger partial charge in [-0.05, 0) is 32.3 Å². The van der Waals surface area contributed by atoms with Crippen molar-refractivity contribution in [3.63, 3.8) is 0 Å². The van der Waals surface area contributed by atoms with Crippen molar-refractivity contribution in [1.29, 1.82) is 0 Å². The van der Waals surface area contributed by atoms with Crippen LogP contribution in [0.25, 0.3) is 0 Å². The smallest absolute Gasteiger partial charge is 0.222 e. The molecule has 0 unspecified atom stereocenters. The highest BCUT2D eigenvalue weighted by Crippen LogP contribution is 2.29. The minimum atomic E-state index is -0.0516. The van der Waals surface area contributed by atoms with Crippen molar-refractivity contribution in [3.05, 3.63) is 29.1 Å². The molecule has 8 nitrogen and oxygen atoms in total. The fourth-order valence-corrected chi connectivity index (χ4v) is 3.24. The molecule has 0 spiro atoms. The zero-order chi connectivity index (χ0) is 18.0. The van der Waals surface area contributed by atoms with E-state index >= 15 is 0 Å². The molecule has 2 aromatic rings. The maximum Gasteiger partial charge on any atom is 0.222 e. The number of nitrogens with zero attached hydrogens (tertiary/aromatic N) is 5. The number of aromatic nitrogens is 5. The molecule has 1 aliphatic heterocycles. The van der Waals surface area contributed by atoms with Gasteiger partial charge in [-0.25, -0.2) is 4.98 Å². The Balaban J connectivity index is 1.54. The fourth-order valence-electron chi connectivity index (χ4n) is 3.24. The van der Waals surface area contributed by atoms with Gasteiger partial charge in [0.25, 0.3) is 0 Å². The van der Waals surface area contributed by atoms with Crippen molar-refractivity contribution in [2.75, 3.05) is 20.2 Å². The predicted molar refractivity (Wildman–Crippen MR) is 92.1 cm³/mol. The first-order chi connectivity index (χ1) is 12.0. The van der Waals surface area contributed by atoms with E-state index in [4.69, 9.17) is 4.74 Å². The molecule has 25 heavy (non-hydrogen) atoms. The van der Waals surface area contributed by atoms with Gasteiger partial charge in [0.2, 0.25) is 5.91 Å². The lowest BCUT2D eigenvalue weighted by atomic mass is 10.00. The van der Waals surface area contributed by atoms with Crippen LogP contribution in [-0.4, -0.2) is 62.1 Å². The van der Waals surface area contributed by atoms with Crippen molar-refractivity contribution in [1.82, 2.24) is 29.9 Å². The second kappa shape index (κ2) is 7.35. The number of likely N-dealkylation sites (N-methyl/N-ethyl adjacent to an activating group) is 1. The van der Waals surface area contributed by atoms with E-state index in [-0.39, 0.29) is 17.9 Å². The third-order valence-electron chi connectivity index (χ3n) is 4.98. The van der Waals surface area contributed by atoms with E-state index in [1.165, 1.54) is 0 Å². The Morgan fingerprint density at radius 2 is 2.28 bits per heavy atom. The lowest BCUT2D eigenvalue weighted by Crippen LogP contribution is -2.36. The maximum atomic E-state index is 12.5. The van der Waals surface area contributed by atoms with Crippen LogP contribution in [0.3, 0.4) is 0 Å². The van der Waals surface area contributed by atoms with Crippen LogP contribution in [0.2, 0.25) is 0 Å². The molecule has 0 saturated carbocycles. The summed E-state index contributed by atoms with van der Waals surface area (Å²) in [7, 11) is 3.75. The first-order valence-electron chi connectivity index (χ1n) is 8.67. The normalized spacial score (nSPS) is 20.2. The number of aromatic amines is 1. The molecule has 3 rings (SSSR count). The Bertz CT molecular complexity index is 737. The molecule has 0 bridgehead atoms. The lowest BCUT2D eigenvalue weighted by Gasteiger charge is -2.23. The zero-order valence-electron chi connectivity index (χ0n) is 15.3. The predicted octanol–water partition coefficient (Wildman–Crippen LogP) is 1.12. The van der Waals surface area contributed by atoms with Gasteiger partial charge < -0.3 is 9.64 Å². The van der Waals surface area contributed by atoms with Crippen LogP contribution in [0.15, 0.2) is 6.20 Å². The van der Waals surface area contributed by atoms with Crippen molar-refractivity contribution in [2.45, 2.75) is 45.1 Å². The molecule has 2 aromatic heterocycles. The van der Waals surface area contributed by atoms with Gasteiger partial charge in [0.1, 0.15) is 5.82 Å². The Labute approximate surface area is 147 Å². The summed E-state index contributed by atoms with van der Waals surface area (Å²) in [5, 5.41) is 11.4. The molecule has 0 aliphatic carbocycles. The third-order valence-corrected chi connectivity index (χ3v) is 4.98. The van der Waals surface area contributed by atoms with E-state index in [1.807, 2.05) is 38.8 Å². The average molecular weight is 346 g/mol. The summed E-state index contributed by atoms with van der Waals surface area (Å²) in [6.45, 7) is 5.15. The Kier molecular flexibility index (Phi) is 5.17. The molecule has 2 atom stereocenters. The molecule has 8 heteroatoms. The molecular weight excluding hydrogens is 320 g/mol. The molecule has 1 N–H and O–H groups in total. The summed E-state index contributed by atoms with van der Waals surface area (Å²) in [5.41, 5.74) is 2.23. The quantitative estimate of drug-likeness (QED) is 0.847. The van der Waals surface area contributed by atoms with Crippen molar-refractivity contribution >= 4 is 5.91 Å². The van der Waals surface area contributed by atoms with E-state index in [9.17, 15) is 4.79 Å². The first kappa shape index (κ1) is 17.6. The highest BCUT2D eigenvalue weighted by Gasteiger charge is 2.34. The minimum absolute atomic E-state index is 0.0516. The van der Waals surface area contributed by atoms with Gasteiger partial charge in [0.15, 0.2) is 5.82 Å². The van der Waals surface area contributed by atoms with Crippen LogP contribution in [0, 0.1) is 13.8 Å². The maximum absolute atomic E-state index is 12.5.